The largest absolute Gasteiger partial charge is 0.497 e. The predicted molar refractivity (Wildman–Crippen MR) is 93.0 cm³/mol. The van der Waals surface area contributed by atoms with Crippen LogP contribution in [-0.2, 0) is 6.42 Å². The summed E-state index contributed by atoms with van der Waals surface area (Å²) in [6, 6.07) is 12.5. The molecule has 0 aromatic heterocycles. The lowest BCUT2D eigenvalue weighted by atomic mass is 10.1. The zero-order valence-corrected chi connectivity index (χ0v) is 14.1. The van der Waals surface area contributed by atoms with Crippen LogP contribution in [0, 0.1) is 0 Å². The molecule has 0 unspecified atom stereocenters. The molecule has 2 N–H and O–H groups in total. The first kappa shape index (κ1) is 17.5. The Kier molecular flexibility index (Phi) is 6.31. The van der Waals surface area contributed by atoms with Gasteiger partial charge in [0, 0.05) is 6.07 Å². The van der Waals surface area contributed by atoms with Crippen molar-refractivity contribution in [1.82, 2.24) is 5.32 Å². The van der Waals surface area contributed by atoms with Gasteiger partial charge in [-0.3, -0.25) is 0 Å². The van der Waals surface area contributed by atoms with E-state index in [-0.39, 0.29) is 6.73 Å². The van der Waals surface area contributed by atoms with Gasteiger partial charge in [0.2, 0.25) is 0 Å². The second-order valence-corrected chi connectivity index (χ2v) is 4.95. The van der Waals surface area contributed by atoms with Crippen LogP contribution in [0.15, 0.2) is 42.5 Å². The van der Waals surface area contributed by atoms with Crippen molar-refractivity contribution in [1.29, 1.82) is 0 Å². The monoisotopic (exact) mass is 330 g/mol. The smallest absolute Gasteiger partial charge is 0.321 e. The van der Waals surface area contributed by atoms with Gasteiger partial charge in [-0.25, -0.2) is 4.79 Å². The number of para-hydroxylation sites is 1. The number of aryl methyl sites for hydroxylation is 1. The average molecular weight is 330 g/mol. The topological polar surface area (TPSA) is 68.8 Å². The van der Waals surface area contributed by atoms with Crippen LogP contribution in [-0.4, -0.2) is 27.0 Å². The van der Waals surface area contributed by atoms with Gasteiger partial charge in [-0.1, -0.05) is 25.1 Å². The highest BCUT2D eigenvalue weighted by molar-refractivity contribution is 5.91. The second kappa shape index (κ2) is 8.67. The molecule has 24 heavy (non-hydrogen) atoms. The number of benzene rings is 2. The Balaban J connectivity index is 1.92. The van der Waals surface area contributed by atoms with Crippen LogP contribution in [0.5, 0.6) is 17.2 Å². The molecule has 6 heteroatoms. The summed E-state index contributed by atoms with van der Waals surface area (Å²) in [5, 5.41) is 5.37. The molecule has 0 saturated heterocycles. The van der Waals surface area contributed by atoms with Gasteiger partial charge in [-0.15, -0.1) is 0 Å². The summed E-state index contributed by atoms with van der Waals surface area (Å²) in [4.78, 5) is 12.0. The standard InChI is InChI=1S/C18H22N2O4/c1-4-13-7-5-6-8-16(13)24-12-19-18(21)20-15-11-14(22-2)9-10-17(15)23-3/h5-11H,4,12H2,1-3H3,(H2,19,20,21). The van der Waals surface area contributed by atoms with Gasteiger partial charge in [-0.05, 0) is 30.2 Å². The molecule has 2 rings (SSSR count). The van der Waals surface area contributed by atoms with E-state index in [2.05, 4.69) is 17.6 Å². The molecular formula is C18H22N2O4. The molecule has 6 nitrogen and oxygen atoms in total. The molecule has 0 aliphatic rings. The summed E-state index contributed by atoms with van der Waals surface area (Å²) in [6.07, 6.45) is 0.864. The van der Waals surface area contributed by atoms with Crippen LogP contribution in [0.2, 0.25) is 0 Å². The summed E-state index contributed by atoms with van der Waals surface area (Å²) >= 11 is 0. The van der Waals surface area contributed by atoms with E-state index in [1.54, 1.807) is 25.3 Å². The van der Waals surface area contributed by atoms with Gasteiger partial charge in [-0.2, -0.15) is 0 Å². The number of urea groups is 1. The highest BCUT2D eigenvalue weighted by atomic mass is 16.5. The first-order valence-corrected chi connectivity index (χ1v) is 7.65. The van der Waals surface area contributed by atoms with Crippen LogP contribution in [0.4, 0.5) is 10.5 Å². The molecule has 0 saturated carbocycles. The van der Waals surface area contributed by atoms with E-state index < -0.39 is 6.03 Å². The Morgan fingerprint density at radius 3 is 2.54 bits per heavy atom. The maximum Gasteiger partial charge on any atom is 0.321 e. The van der Waals surface area contributed by atoms with E-state index in [0.717, 1.165) is 17.7 Å². The predicted octanol–water partition coefficient (Wildman–Crippen LogP) is 3.42. The van der Waals surface area contributed by atoms with Gasteiger partial charge in [0.25, 0.3) is 0 Å². The zero-order valence-electron chi connectivity index (χ0n) is 14.1. The molecule has 128 valence electrons. The first-order chi connectivity index (χ1) is 11.7. The van der Waals surface area contributed by atoms with Gasteiger partial charge in [0.05, 0.1) is 19.9 Å². The van der Waals surface area contributed by atoms with E-state index in [9.17, 15) is 4.79 Å². The van der Waals surface area contributed by atoms with Crippen LogP contribution in [0.3, 0.4) is 0 Å². The molecule has 0 heterocycles. The number of amides is 2. The van der Waals surface area contributed by atoms with Crippen molar-refractivity contribution in [3.05, 3.63) is 48.0 Å². The molecule has 2 aromatic carbocycles. The minimum Gasteiger partial charge on any atom is -0.497 e. The van der Waals surface area contributed by atoms with Gasteiger partial charge < -0.3 is 24.8 Å². The summed E-state index contributed by atoms with van der Waals surface area (Å²) in [6.45, 7) is 2.12. The van der Waals surface area contributed by atoms with Crippen LogP contribution < -0.4 is 24.8 Å². The van der Waals surface area contributed by atoms with Crippen molar-refractivity contribution >= 4 is 11.7 Å². The van der Waals surface area contributed by atoms with E-state index >= 15 is 0 Å². The summed E-state index contributed by atoms with van der Waals surface area (Å²) in [5.41, 5.74) is 1.61. The average Bonchev–Trinajstić information content (AvgIpc) is 2.62. The third kappa shape index (κ3) is 4.55. The molecule has 0 bridgehead atoms. The minimum atomic E-state index is -0.393. The van der Waals surface area contributed by atoms with E-state index in [1.807, 2.05) is 24.3 Å². The minimum absolute atomic E-state index is 0.0646. The molecule has 0 aliphatic carbocycles. The number of carbonyl (C=O) groups is 1. The summed E-state index contributed by atoms with van der Waals surface area (Å²) in [5.74, 6) is 1.93. The lowest BCUT2D eigenvalue weighted by molar-refractivity contribution is 0.234. The van der Waals surface area contributed by atoms with E-state index in [1.165, 1.54) is 7.11 Å². The fourth-order valence-electron chi connectivity index (χ4n) is 2.19. The molecule has 0 spiro atoms. The summed E-state index contributed by atoms with van der Waals surface area (Å²) in [7, 11) is 3.10. The maximum atomic E-state index is 12.0. The number of nitrogens with one attached hydrogen (secondary N) is 2. The number of hydrogen-bond acceptors (Lipinski definition) is 4. The van der Waals surface area contributed by atoms with Crippen LogP contribution in [0.1, 0.15) is 12.5 Å². The molecule has 0 atom stereocenters. The molecule has 0 aliphatic heterocycles. The number of carbonyl (C=O) groups excluding carboxylic acids is 1. The third-order valence-electron chi connectivity index (χ3n) is 3.47. The highest BCUT2D eigenvalue weighted by Gasteiger charge is 2.09. The second-order valence-electron chi connectivity index (χ2n) is 4.95. The number of anilines is 1. The highest BCUT2D eigenvalue weighted by Crippen LogP contribution is 2.28. The normalized spacial score (nSPS) is 9.96. The Hall–Kier alpha value is -2.89. The maximum absolute atomic E-state index is 12.0. The Morgan fingerprint density at radius 1 is 1.04 bits per heavy atom. The number of hydrogen-bond donors (Lipinski definition) is 2. The lowest BCUT2D eigenvalue weighted by Gasteiger charge is -2.14. The van der Waals surface area contributed by atoms with Crippen molar-refractivity contribution in [2.75, 3.05) is 26.3 Å². The van der Waals surface area contributed by atoms with Crippen molar-refractivity contribution < 1.29 is 19.0 Å². The molecular weight excluding hydrogens is 308 g/mol. The van der Waals surface area contributed by atoms with Gasteiger partial charge in [0.15, 0.2) is 6.73 Å². The fraction of sp³-hybridized carbons (Fsp3) is 0.278. The number of rotatable bonds is 7. The molecule has 2 aromatic rings. The third-order valence-corrected chi connectivity index (χ3v) is 3.47. The zero-order chi connectivity index (χ0) is 17.4. The molecule has 0 radical (unpaired) electrons. The van der Waals surface area contributed by atoms with Crippen molar-refractivity contribution in [3.8, 4) is 17.2 Å². The molecule has 2 amide bonds. The molecule has 0 fully saturated rings. The van der Waals surface area contributed by atoms with Crippen molar-refractivity contribution in [3.63, 3.8) is 0 Å². The lowest BCUT2D eigenvalue weighted by Crippen LogP contribution is -2.32. The van der Waals surface area contributed by atoms with E-state index in [0.29, 0.717) is 17.2 Å². The fourth-order valence-corrected chi connectivity index (χ4v) is 2.19. The first-order valence-electron chi connectivity index (χ1n) is 7.65. The Labute approximate surface area is 141 Å². The van der Waals surface area contributed by atoms with Crippen LogP contribution >= 0.6 is 0 Å². The Morgan fingerprint density at radius 2 is 1.83 bits per heavy atom. The van der Waals surface area contributed by atoms with Gasteiger partial charge in [0.1, 0.15) is 17.2 Å². The van der Waals surface area contributed by atoms with Gasteiger partial charge >= 0.3 is 6.03 Å². The van der Waals surface area contributed by atoms with E-state index in [4.69, 9.17) is 14.2 Å². The van der Waals surface area contributed by atoms with Crippen LogP contribution in [0.25, 0.3) is 0 Å². The number of ether oxygens (including phenoxy) is 3. The van der Waals surface area contributed by atoms with Crippen molar-refractivity contribution in [2.24, 2.45) is 0 Å². The number of methoxy groups -OCH3 is 2. The Bertz CT molecular complexity index is 688. The van der Waals surface area contributed by atoms with Crippen molar-refractivity contribution in [2.45, 2.75) is 13.3 Å². The SMILES string of the molecule is CCc1ccccc1OCNC(=O)Nc1cc(OC)ccc1OC. The quantitative estimate of drug-likeness (QED) is 0.763. The summed E-state index contributed by atoms with van der Waals surface area (Å²) < 4.78 is 16.0.